The lowest BCUT2D eigenvalue weighted by Crippen LogP contribution is -2.11. The minimum Gasteiger partial charge on any atom is -0.383 e. The first-order valence-corrected chi connectivity index (χ1v) is 6.34. The number of aryl methyl sites for hydroxylation is 1. The lowest BCUT2D eigenvalue weighted by molar-refractivity contribution is 0.182. The molecule has 0 saturated carbocycles. The van der Waals surface area contributed by atoms with Crippen molar-refractivity contribution in [3.05, 3.63) is 40.4 Å². The van der Waals surface area contributed by atoms with E-state index in [1.165, 1.54) is 11.3 Å². The van der Waals surface area contributed by atoms with Gasteiger partial charge in [-0.05, 0) is 12.5 Å². The molecule has 18 heavy (non-hydrogen) atoms. The smallest absolute Gasteiger partial charge is 0.135 e. The fourth-order valence-corrected chi connectivity index (χ4v) is 2.75. The van der Waals surface area contributed by atoms with Gasteiger partial charge in [0.05, 0.1) is 17.2 Å². The molecule has 1 aromatic carbocycles. The van der Waals surface area contributed by atoms with Gasteiger partial charge in [-0.1, -0.05) is 24.3 Å². The second kappa shape index (κ2) is 5.29. The summed E-state index contributed by atoms with van der Waals surface area (Å²) in [6.07, 6.45) is 0. The number of amidine groups is 1. The Balaban J connectivity index is 2.50. The fourth-order valence-electron chi connectivity index (χ4n) is 1.72. The highest BCUT2D eigenvalue weighted by atomic mass is 32.1. The van der Waals surface area contributed by atoms with Gasteiger partial charge in [0.25, 0.3) is 0 Å². The van der Waals surface area contributed by atoms with Gasteiger partial charge in [-0.25, -0.2) is 4.98 Å². The number of nitrogens with zero attached hydrogens (tertiary/aromatic N) is 1. The highest BCUT2D eigenvalue weighted by Crippen LogP contribution is 2.30. The van der Waals surface area contributed by atoms with Crippen molar-refractivity contribution in [2.45, 2.75) is 13.5 Å². The number of nitrogens with two attached hydrogens (primary N) is 1. The molecule has 0 unspecified atom stereocenters. The number of hydrogen-bond donors (Lipinski definition) is 2. The first-order valence-electron chi connectivity index (χ1n) is 5.52. The predicted octanol–water partition coefficient (Wildman–Crippen LogP) is 2.55. The Morgan fingerprint density at radius 2 is 2.17 bits per heavy atom. The van der Waals surface area contributed by atoms with E-state index in [-0.39, 0.29) is 5.84 Å². The molecule has 0 aliphatic rings. The highest BCUT2D eigenvalue weighted by molar-refractivity contribution is 7.17. The minimum atomic E-state index is 0.0411. The fraction of sp³-hybridized carbons (Fsp3) is 0.231. The summed E-state index contributed by atoms with van der Waals surface area (Å²) in [4.78, 5) is 5.21. The summed E-state index contributed by atoms with van der Waals surface area (Å²) in [5.74, 6) is 0.0411. The van der Waals surface area contributed by atoms with Gasteiger partial charge in [0.2, 0.25) is 0 Å². The van der Waals surface area contributed by atoms with Crippen LogP contribution in [0.5, 0.6) is 0 Å². The Bertz CT molecular complexity index is 577. The molecule has 0 aliphatic heterocycles. The summed E-state index contributed by atoms with van der Waals surface area (Å²) in [6, 6.07) is 8.04. The van der Waals surface area contributed by atoms with Crippen LogP contribution < -0.4 is 5.73 Å². The molecule has 1 aromatic heterocycles. The molecule has 2 aromatic rings. The molecule has 0 spiro atoms. The second-order valence-corrected chi connectivity index (χ2v) is 4.96. The summed E-state index contributed by atoms with van der Waals surface area (Å²) < 4.78 is 5.09. The molecule has 4 nitrogen and oxygen atoms in total. The molecule has 3 N–H and O–H groups in total. The number of thiazole rings is 1. The summed E-state index contributed by atoms with van der Waals surface area (Å²) in [5, 5.41) is 8.46. The molecule has 0 radical (unpaired) electrons. The Kier molecular flexibility index (Phi) is 3.74. The van der Waals surface area contributed by atoms with Crippen molar-refractivity contribution in [3.8, 4) is 10.6 Å². The van der Waals surface area contributed by atoms with E-state index in [1.54, 1.807) is 7.11 Å². The van der Waals surface area contributed by atoms with Crippen molar-refractivity contribution in [2.75, 3.05) is 7.11 Å². The summed E-state index contributed by atoms with van der Waals surface area (Å²) >= 11 is 1.43. The van der Waals surface area contributed by atoms with Crippen molar-refractivity contribution >= 4 is 17.2 Å². The standard InChI is InChI=1S/C13H15N3OS/c1-8-5-3-4-6-9(8)13-16-10(7-17-2)11(18-13)12(14)15/h3-6H,7H2,1-2H3,(H3,14,15). The van der Waals surface area contributed by atoms with Crippen LogP contribution in [-0.4, -0.2) is 17.9 Å². The average molecular weight is 261 g/mol. The molecule has 1 heterocycles. The van der Waals surface area contributed by atoms with Gasteiger partial charge < -0.3 is 10.5 Å². The van der Waals surface area contributed by atoms with Gasteiger partial charge in [0.1, 0.15) is 10.8 Å². The Morgan fingerprint density at radius 3 is 2.78 bits per heavy atom. The molecule has 0 fully saturated rings. The number of hydrogen-bond acceptors (Lipinski definition) is 4. The third-order valence-corrected chi connectivity index (χ3v) is 3.76. The van der Waals surface area contributed by atoms with Crippen LogP contribution in [0, 0.1) is 12.3 Å². The zero-order chi connectivity index (χ0) is 13.1. The largest absolute Gasteiger partial charge is 0.383 e. The van der Waals surface area contributed by atoms with E-state index in [0.29, 0.717) is 11.5 Å². The van der Waals surface area contributed by atoms with Crippen molar-refractivity contribution in [1.29, 1.82) is 5.41 Å². The number of ether oxygens (including phenoxy) is 1. The van der Waals surface area contributed by atoms with Crippen LogP contribution in [0.15, 0.2) is 24.3 Å². The Hall–Kier alpha value is -1.72. The first-order chi connectivity index (χ1) is 8.63. The van der Waals surface area contributed by atoms with Gasteiger partial charge in [0.15, 0.2) is 0 Å². The van der Waals surface area contributed by atoms with Crippen LogP contribution in [0.25, 0.3) is 10.6 Å². The van der Waals surface area contributed by atoms with Crippen molar-refractivity contribution in [3.63, 3.8) is 0 Å². The van der Waals surface area contributed by atoms with E-state index < -0.39 is 0 Å². The molecule has 0 atom stereocenters. The van der Waals surface area contributed by atoms with E-state index in [4.69, 9.17) is 15.9 Å². The molecule has 0 amide bonds. The number of methoxy groups -OCH3 is 1. The van der Waals surface area contributed by atoms with Gasteiger partial charge in [-0.2, -0.15) is 0 Å². The number of rotatable bonds is 4. The predicted molar refractivity (Wildman–Crippen MR) is 74.0 cm³/mol. The summed E-state index contributed by atoms with van der Waals surface area (Å²) in [5.41, 5.74) is 8.54. The van der Waals surface area contributed by atoms with Gasteiger partial charge in [0, 0.05) is 12.7 Å². The number of nitrogens with one attached hydrogen (secondary N) is 1. The Labute approximate surface area is 110 Å². The maximum absolute atomic E-state index is 7.58. The van der Waals surface area contributed by atoms with Gasteiger partial charge in [-0.3, -0.25) is 5.41 Å². The third-order valence-electron chi connectivity index (χ3n) is 2.60. The maximum Gasteiger partial charge on any atom is 0.135 e. The average Bonchev–Trinajstić information content (AvgIpc) is 2.74. The van der Waals surface area contributed by atoms with E-state index in [0.717, 1.165) is 21.8 Å². The normalized spacial score (nSPS) is 10.6. The molecule has 2 rings (SSSR count). The number of benzene rings is 1. The SMILES string of the molecule is COCc1nc(-c2ccccc2C)sc1C(=N)N. The van der Waals surface area contributed by atoms with Crippen LogP contribution in [0.3, 0.4) is 0 Å². The zero-order valence-corrected chi connectivity index (χ0v) is 11.2. The monoisotopic (exact) mass is 261 g/mol. The van der Waals surface area contributed by atoms with E-state index in [9.17, 15) is 0 Å². The molecular weight excluding hydrogens is 246 g/mol. The highest BCUT2D eigenvalue weighted by Gasteiger charge is 2.15. The topological polar surface area (TPSA) is 72.0 Å². The quantitative estimate of drug-likeness (QED) is 0.656. The molecular formula is C13H15N3OS. The van der Waals surface area contributed by atoms with Crippen molar-refractivity contribution in [2.24, 2.45) is 5.73 Å². The van der Waals surface area contributed by atoms with Crippen LogP contribution >= 0.6 is 11.3 Å². The lowest BCUT2D eigenvalue weighted by Gasteiger charge is -2.00. The molecule has 0 bridgehead atoms. The van der Waals surface area contributed by atoms with Crippen molar-refractivity contribution < 1.29 is 4.74 Å². The van der Waals surface area contributed by atoms with Crippen LogP contribution in [0.4, 0.5) is 0 Å². The van der Waals surface area contributed by atoms with Crippen LogP contribution in [-0.2, 0) is 11.3 Å². The summed E-state index contributed by atoms with van der Waals surface area (Å²) in [7, 11) is 1.61. The first kappa shape index (κ1) is 12.7. The molecule has 0 aliphatic carbocycles. The van der Waals surface area contributed by atoms with Gasteiger partial charge in [-0.15, -0.1) is 11.3 Å². The minimum absolute atomic E-state index is 0.0411. The second-order valence-electron chi connectivity index (χ2n) is 3.96. The summed E-state index contributed by atoms with van der Waals surface area (Å²) in [6.45, 7) is 2.41. The van der Waals surface area contributed by atoms with E-state index in [1.807, 2.05) is 31.2 Å². The molecule has 0 saturated heterocycles. The zero-order valence-electron chi connectivity index (χ0n) is 10.4. The molecule has 94 valence electrons. The third kappa shape index (κ3) is 2.42. The maximum atomic E-state index is 7.58. The Morgan fingerprint density at radius 1 is 1.44 bits per heavy atom. The number of nitrogen functional groups attached to an aromatic ring is 1. The lowest BCUT2D eigenvalue weighted by atomic mass is 10.1. The van der Waals surface area contributed by atoms with Crippen LogP contribution in [0.1, 0.15) is 16.1 Å². The number of aromatic nitrogens is 1. The van der Waals surface area contributed by atoms with E-state index in [2.05, 4.69) is 4.98 Å². The van der Waals surface area contributed by atoms with Crippen molar-refractivity contribution in [1.82, 2.24) is 4.98 Å². The van der Waals surface area contributed by atoms with Crippen LogP contribution in [0.2, 0.25) is 0 Å². The molecule has 5 heteroatoms. The van der Waals surface area contributed by atoms with E-state index >= 15 is 0 Å². The van der Waals surface area contributed by atoms with Gasteiger partial charge >= 0.3 is 0 Å².